The first-order valence-electron chi connectivity index (χ1n) is 3.37. The fourth-order valence-electron chi connectivity index (χ4n) is 0.757. The van der Waals surface area contributed by atoms with Crippen LogP contribution in [0, 0.1) is 0 Å². The van der Waals surface area contributed by atoms with E-state index in [4.69, 9.17) is 5.11 Å². The molecule has 0 rings (SSSR count). The van der Waals surface area contributed by atoms with Gasteiger partial charge in [-0.2, -0.15) is 0 Å². The Hall–Kier alpha value is -0.160. The zero-order valence-corrected chi connectivity index (χ0v) is 6.46. The normalized spacial score (nSPS) is 16.8. The van der Waals surface area contributed by atoms with Crippen molar-refractivity contribution >= 4 is 0 Å². The molecule has 0 aromatic carbocycles. The maximum atomic E-state index is 9.22. The lowest BCUT2D eigenvalue weighted by molar-refractivity contribution is 0.0948. The molecule has 4 nitrogen and oxygen atoms in total. The molecule has 0 fully saturated rings. The summed E-state index contributed by atoms with van der Waals surface area (Å²) in [6.07, 6.45) is -0.528. The molecule has 0 aromatic rings. The van der Waals surface area contributed by atoms with Crippen molar-refractivity contribution in [2.75, 3.05) is 27.2 Å². The first-order chi connectivity index (χ1) is 4.76. The number of nitrogens with one attached hydrogen (secondary N) is 2. The molecule has 10 heavy (non-hydrogen) atoms. The summed E-state index contributed by atoms with van der Waals surface area (Å²) in [6.45, 7) is 0.450. The molecule has 0 unspecified atom stereocenters. The predicted octanol–water partition coefficient (Wildman–Crippen LogP) is -1.85. The minimum atomic E-state index is -0.528. The largest absolute Gasteiger partial charge is 0.395 e. The summed E-state index contributed by atoms with van der Waals surface area (Å²) < 4.78 is 0. The number of aliphatic hydroxyl groups is 2. The van der Waals surface area contributed by atoms with Gasteiger partial charge in [-0.1, -0.05) is 0 Å². The molecule has 0 aromatic heterocycles. The first kappa shape index (κ1) is 9.84. The second kappa shape index (κ2) is 5.61. The van der Waals surface area contributed by atoms with E-state index in [1.807, 2.05) is 0 Å². The molecule has 4 heteroatoms. The topological polar surface area (TPSA) is 64.5 Å². The van der Waals surface area contributed by atoms with E-state index >= 15 is 0 Å². The van der Waals surface area contributed by atoms with E-state index in [0.29, 0.717) is 6.54 Å². The van der Waals surface area contributed by atoms with Crippen molar-refractivity contribution in [3.63, 3.8) is 0 Å². The number of hydrogen-bond acceptors (Lipinski definition) is 4. The van der Waals surface area contributed by atoms with Crippen molar-refractivity contribution in [1.29, 1.82) is 0 Å². The Morgan fingerprint density at radius 3 is 2.30 bits per heavy atom. The quantitative estimate of drug-likeness (QED) is 0.369. The zero-order chi connectivity index (χ0) is 7.98. The summed E-state index contributed by atoms with van der Waals surface area (Å²) in [7, 11) is 3.47. The summed E-state index contributed by atoms with van der Waals surface area (Å²) in [5, 5.41) is 23.5. The Labute approximate surface area is 61.3 Å². The Kier molecular flexibility index (Phi) is 5.52. The second-order valence-corrected chi connectivity index (χ2v) is 2.20. The maximum absolute atomic E-state index is 9.22. The standard InChI is InChI=1S/C6H16N2O2/c1-7-3-6(10)5(4-9)8-2/h5-10H,3-4H2,1-2H3/t5-,6-/m0/s1. The van der Waals surface area contributed by atoms with Gasteiger partial charge in [-0.15, -0.1) is 0 Å². The van der Waals surface area contributed by atoms with E-state index in [1.165, 1.54) is 0 Å². The number of hydrogen-bond donors (Lipinski definition) is 4. The molecule has 0 bridgehead atoms. The van der Waals surface area contributed by atoms with E-state index in [2.05, 4.69) is 10.6 Å². The van der Waals surface area contributed by atoms with Gasteiger partial charge in [-0.25, -0.2) is 0 Å². The zero-order valence-electron chi connectivity index (χ0n) is 6.46. The van der Waals surface area contributed by atoms with Crippen LogP contribution in [0.25, 0.3) is 0 Å². The predicted molar refractivity (Wildman–Crippen MR) is 39.9 cm³/mol. The maximum Gasteiger partial charge on any atom is 0.0839 e. The Morgan fingerprint density at radius 1 is 1.40 bits per heavy atom. The minimum Gasteiger partial charge on any atom is -0.395 e. The highest BCUT2D eigenvalue weighted by Crippen LogP contribution is 1.89. The lowest BCUT2D eigenvalue weighted by atomic mass is 10.2. The molecule has 0 amide bonds. The highest BCUT2D eigenvalue weighted by molar-refractivity contribution is 4.73. The molecular formula is C6H16N2O2. The monoisotopic (exact) mass is 148 g/mol. The van der Waals surface area contributed by atoms with E-state index in [1.54, 1.807) is 14.1 Å². The van der Waals surface area contributed by atoms with Crippen molar-refractivity contribution in [1.82, 2.24) is 10.6 Å². The summed E-state index contributed by atoms with van der Waals surface area (Å²) in [5.74, 6) is 0. The molecule has 0 aliphatic heterocycles. The smallest absolute Gasteiger partial charge is 0.0839 e. The minimum absolute atomic E-state index is 0.0423. The van der Waals surface area contributed by atoms with Crippen LogP contribution >= 0.6 is 0 Å². The first-order valence-corrected chi connectivity index (χ1v) is 3.37. The van der Waals surface area contributed by atoms with Gasteiger partial charge in [0.25, 0.3) is 0 Å². The second-order valence-electron chi connectivity index (χ2n) is 2.20. The van der Waals surface area contributed by atoms with Crippen LogP contribution in [0.1, 0.15) is 0 Å². The van der Waals surface area contributed by atoms with Crippen LogP contribution in [0.3, 0.4) is 0 Å². The van der Waals surface area contributed by atoms with Gasteiger partial charge in [-0.3, -0.25) is 0 Å². The van der Waals surface area contributed by atoms with E-state index in [9.17, 15) is 5.11 Å². The van der Waals surface area contributed by atoms with Crippen molar-refractivity contribution in [2.24, 2.45) is 0 Å². The number of rotatable bonds is 5. The van der Waals surface area contributed by atoms with Gasteiger partial charge in [0.1, 0.15) is 0 Å². The summed E-state index contributed by atoms with van der Waals surface area (Å²) >= 11 is 0. The van der Waals surface area contributed by atoms with Gasteiger partial charge >= 0.3 is 0 Å². The molecule has 62 valence electrons. The van der Waals surface area contributed by atoms with Crippen LogP contribution in [0.2, 0.25) is 0 Å². The number of likely N-dealkylation sites (N-methyl/N-ethyl adjacent to an activating group) is 2. The van der Waals surface area contributed by atoms with Crippen LogP contribution in [-0.2, 0) is 0 Å². The van der Waals surface area contributed by atoms with Crippen LogP contribution in [0.4, 0.5) is 0 Å². The molecule has 0 aliphatic rings. The van der Waals surface area contributed by atoms with E-state index in [0.717, 1.165) is 0 Å². The van der Waals surface area contributed by atoms with Gasteiger partial charge in [0.05, 0.1) is 18.8 Å². The van der Waals surface area contributed by atoms with Gasteiger partial charge in [0.2, 0.25) is 0 Å². The average molecular weight is 148 g/mol. The lowest BCUT2D eigenvalue weighted by Crippen LogP contribution is -2.45. The SMILES string of the molecule is CNC[C@H](O)[C@H](CO)NC. The van der Waals surface area contributed by atoms with Crippen molar-refractivity contribution in [3.05, 3.63) is 0 Å². The molecule has 4 N–H and O–H groups in total. The summed E-state index contributed by atoms with van der Waals surface area (Å²) in [4.78, 5) is 0. The van der Waals surface area contributed by atoms with Crippen LogP contribution < -0.4 is 10.6 Å². The molecule has 0 saturated heterocycles. The van der Waals surface area contributed by atoms with Crippen LogP contribution in [0.5, 0.6) is 0 Å². The highest BCUT2D eigenvalue weighted by atomic mass is 16.3. The molecule has 0 aliphatic carbocycles. The van der Waals surface area contributed by atoms with Gasteiger partial charge < -0.3 is 20.8 Å². The number of aliphatic hydroxyl groups excluding tert-OH is 2. The molecule has 2 atom stereocenters. The van der Waals surface area contributed by atoms with E-state index < -0.39 is 6.10 Å². The third-order valence-corrected chi connectivity index (χ3v) is 1.45. The fraction of sp³-hybridized carbons (Fsp3) is 1.00. The van der Waals surface area contributed by atoms with Gasteiger partial charge in [0.15, 0.2) is 0 Å². The van der Waals surface area contributed by atoms with Crippen molar-refractivity contribution in [2.45, 2.75) is 12.1 Å². The molecule has 0 radical (unpaired) electrons. The van der Waals surface area contributed by atoms with Crippen molar-refractivity contribution < 1.29 is 10.2 Å². The molecular weight excluding hydrogens is 132 g/mol. The Morgan fingerprint density at radius 2 is 2.00 bits per heavy atom. The van der Waals surface area contributed by atoms with Crippen LogP contribution in [0.15, 0.2) is 0 Å². The van der Waals surface area contributed by atoms with Crippen LogP contribution in [-0.4, -0.2) is 49.6 Å². The summed E-state index contributed by atoms with van der Waals surface area (Å²) in [5.41, 5.74) is 0. The van der Waals surface area contributed by atoms with E-state index in [-0.39, 0.29) is 12.6 Å². The van der Waals surface area contributed by atoms with Crippen molar-refractivity contribution in [3.8, 4) is 0 Å². The van der Waals surface area contributed by atoms with Gasteiger partial charge in [0, 0.05) is 6.54 Å². The summed E-state index contributed by atoms with van der Waals surface area (Å²) in [6, 6.07) is -0.229. The Balaban J connectivity index is 3.53. The fourth-order valence-corrected chi connectivity index (χ4v) is 0.757. The molecule has 0 spiro atoms. The third-order valence-electron chi connectivity index (χ3n) is 1.45. The lowest BCUT2D eigenvalue weighted by Gasteiger charge is -2.19. The highest BCUT2D eigenvalue weighted by Gasteiger charge is 2.14. The molecule has 0 heterocycles. The average Bonchev–Trinajstić information content (AvgIpc) is 1.91. The molecule has 0 saturated carbocycles. The van der Waals surface area contributed by atoms with Gasteiger partial charge in [-0.05, 0) is 14.1 Å². The Bertz CT molecular complexity index is 76.1. The third kappa shape index (κ3) is 3.12.